The fraction of sp³-hybridized carbons (Fsp3) is 0.381. The Morgan fingerprint density at radius 2 is 1.83 bits per heavy atom. The maximum absolute atomic E-state index is 12.6. The predicted molar refractivity (Wildman–Crippen MR) is 99.9 cm³/mol. The molecule has 1 amide bonds. The van der Waals surface area contributed by atoms with E-state index >= 15 is 0 Å². The Labute approximate surface area is 145 Å². The maximum atomic E-state index is 12.6. The molecule has 0 atom stereocenters. The molecular weight excluding hydrogens is 298 g/mol. The Hall–Kier alpha value is -2.29. The zero-order chi connectivity index (χ0) is 17.4. The van der Waals surface area contributed by atoms with Gasteiger partial charge in [-0.15, -0.1) is 0 Å². The number of unbranched alkanes of at least 4 members (excludes halogenated alkanes) is 3. The highest BCUT2D eigenvalue weighted by Gasteiger charge is 2.13. The van der Waals surface area contributed by atoms with Gasteiger partial charge in [0.05, 0.1) is 12.2 Å². The van der Waals surface area contributed by atoms with Crippen LogP contribution in [0.4, 0.5) is 5.69 Å². The lowest BCUT2D eigenvalue weighted by Crippen LogP contribution is -2.14. The highest BCUT2D eigenvalue weighted by Crippen LogP contribution is 2.22. The molecule has 128 valence electrons. The minimum Gasteiger partial charge on any atom is -0.493 e. The van der Waals surface area contributed by atoms with Crippen LogP contribution in [0.25, 0.3) is 0 Å². The smallest absolute Gasteiger partial charge is 0.259 e. The van der Waals surface area contributed by atoms with Crippen molar-refractivity contribution in [1.29, 1.82) is 0 Å². The molecule has 0 aliphatic rings. The lowest BCUT2D eigenvalue weighted by molar-refractivity contribution is 0.102. The molecule has 0 heterocycles. The number of carbonyl (C=O) groups excluding carboxylic acids is 1. The Kier molecular flexibility index (Phi) is 6.86. The van der Waals surface area contributed by atoms with Gasteiger partial charge in [0.2, 0.25) is 0 Å². The Bertz CT molecular complexity index is 679. The van der Waals surface area contributed by atoms with Gasteiger partial charge in [0.1, 0.15) is 5.75 Å². The number of carbonyl (C=O) groups is 1. The number of rotatable bonds is 8. The van der Waals surface area contributed by atoms with Crippen LogP contribution in [0, 0.1) is 13.8 Å². The number of anilines is 1. The van der Waals surface area contributed by atoms with Crippen LogP contribution < -0.4 is 10.1 Å². The van der Waals surface area contributed by atoms with Gasteiger partial charge in [-0.3, -0.25) is 4.79 Å². The largest absolute Gasteiger partial charge is 0.493 e. The first-order valence-electron chi connectivity index (χ1n) is 8.72. The molecule has 0 radical (unpaired) electrons. The first-order chi connectivity index (χ1) is 11.6. The number of para-hydroxylation sites is 1. The lowest BCUT2D eigenvalue weighted by Gasteiger charge is -2.13. The Morgan fingerprint density at radius 3 is 2.62 bits per heavy atom. The van der Waals surface area contributed by atoms with Gasteiger partial charge in [-0.25, -0.2) is 0 Å². The van der Waals surface area contributed by atoms with Crippen LogP contribution in [-0.2, 0) is 0 Å². The molecule has 2 aromatic rings. The summed E-state index contributed by atoms with van der Waals surface area (Å²) in [7, 11) is 0. The van der Waals surface area contributed by atoms with E-state index in [4.69, 9.17) is 4.74 Å². The third-order valence-electron chi connectivity index (χ3n) is 4.03. The van der Waals surface area contributed by atoms with E-state index in [9.17, 15) is 4.79 Å². The van der Waals surface area contributed by atoms with E-state index in [1.807, 2.05) is 56.3 Å². The monoisotopic (exact) mass is 325 g/mol. The second kappa shape index (κ2) is 9.11. The first kappa shape index (κ1) is 18.1. The number of nitrogens with one attached hydrogen (secondary N) is 1. The standard InChI is InChI=1S/C21H27NO2/c1-4-5-6-9-14-24-20-11-8-7-10-18(20)21(23)22-19-15-16(2)12-13-17(19)3/h7-8,10-13,15H,4-6,9,14H2,1-3H3,(H,22,23). The summed E-state index contributed by atoms with van der Waals surface area (Å²) in [5, 5.41) is 3.00. The normalized spacial score (nSPS) is 10.5. The van der Waals surface area contributed by atoms with Crippen LogP contribution in [0.15, 0.2) is 42.5 Å². The van der Waals surface area contributed by atoms with Crippen molar-refractivity contribution >= 4 is 11.6 Å². The predicted octanol–water partition coefficient (Wildman–Crippen LogP) is 5.51. The Morgan fingerprint density at radius 1 is 1.04 bits per heavy atom. The fourth-order valence-corrected chi connectivity index (χ4v) is 2.55. The zero-order valence-electron chi connectivity index (χ0n) is 14.9. The van der Waals surface area contributed by atoms with Crippen LogP contribution in [0.2, 0.25) is 0 Å². The highest BCUT2D eigenvalue weighted by atomic mass is 16.5. The number of aryl methyl sites for hydroxylation is 2. The Balaban J connectivity index is 2.05. The van der Waals surface area contributed by atoms with E-state index in [1.54, 1.807) is 0 Å². The summed E-state index contributed by atoms with van der Waals surface area (Å²) in [5.74, 6) is 0.518. The molecule has 0 aliphatic heterocycles. The van der Waals surface area contributed by atoms with E-state index < -0.39 is 0 Å². The van der Waals surface area contributed by atoms with E-state index in [-0.39, 0.29) is 5.91 Å². The molecule has 0 saturated heterocycles. The molecule has 1 N–H and O–H groups in total. The molecule has 0 unspecified atom stereocenters. The molecule has 24 heavy (non-hydrogen) atoms. The van der Waals surface area contributed by atoms with E-state index in [1.165, 1.54) is 12.8 Å². The summed E-state index contributed by atoms with van der Waals surface area (Å²) in [4.78, 5) is 12.6. The van der Waals surface area contributed by atoms with Crippen molar-refractivity contribution in [2.75, 3.05) is 11.9 Å². The van der Waals surface area contributed by atoms with Crippen molar-refractivity contribution < 1.29 is 9.53 Å². The summed E-state index contributed by atoms with van der Waals surface area (Å²) in [6, 6.07) is 13.5. The molecule has 3 heteroatoms. The van der Waals surface area contributed by atoms with Gasteiger partial charge in [0, 0.05) is 5.69 Å². The third kappa shape index (κ3) is 5.12. The van der Waals surface area contributed by atoms with Crippen LogP contribution in [0.1, 0.15) is 54.1 Å². The summed E-state index contributed by atoms with van der Waals surface area (Å²) in [6.07, 6.45) is 4.60. The summed E-state index contributed by atoms with van der Waals surface area (Å²) >= 11 is 0. The van der Waals surface area contributed by atoms with Crippen molar-refractivity contribution in [3.05, 3.63) is 59.2 Å². The second-order valence-electron chi connectivity index (χ2n) is 6.18. The molecular formula is C21H27NO2. The SMILES string of the molecule is CCCCCCOc1ccccc1C(=O)Nc1cc(C)ccc1C. The average molecular weight is 325 g/mol. The molecule has 0 bridgehead atoms. The number of benzene rings is 2. The van der Waals surface area contributed by atoms with Crippen molar-refractivity contribution in [3.63, 3.8) is 0 Å². The van der Waals surface area contributed by atoms with E-state index in [2.05, 4.69) is 12.2 Å². The highest BCUT2D eigenvalue weighted by molar-refractivity contribution is 6.06. The van der Waals surface area contributed by atoms with Crippen molar-refractivity contribution in [2.24, 2.45) is 0 Å². The van der Waals surface area contributed by atoms with Crippen LogP contribution in [0.3, 0.4) is 0 Å². The number of amides is 1. The quantitative estimate of drug-likeness (QED) is 0.649. The summed E-state index contributed by atoms with van der Waals surface area (Å²) < 4.78 is 5.84. The minimum atomic E-state index is -0.132. The molecule has 0 fully saturated rings. The van der Waals surface area contributed by atoms with Crippen molar-refractivity contribution in [2.45, 2.75) is 46.5 Å². The molecule has 2 aromatic carbocycles. The van der Waals surface area contributed by atoms with Gasteiger partial charge < -0.3 is 10.1 Å². The van der Waals surface area contributed by atoms with Crippen molar-refractivity contribution in [3.8, 4) is 5.75 Å². The minimum absolute atomic E-state index is 0.132. The van der Waals surface area contributed by atoms with Gasteiger partial charge in [0.15, 0.2) is 0 Å². The number of hydrogen-bond donors (Lipinski definition) is 1. The molecule has 0 spiro atoms. The van der Waals surface area contributed by atoms with Crippen molar-refractivity contribution in [1.82, 2.24) is 0 Å². The maximum Gasteiger partial charge on any atom is 0.259 e. The van der Waals surface area contributed by atoms with E-state index in [0.29, 0.717) is 17.9 Å². The van der Waals surface area contributed by atoms with Crippen LogP contribution in [0.5, 0.6) is 5.75 Å². The summed E-state index contributed by atoms with van der Waals surface area (Å²) in [6.45, 7) is 6.84. The average Bonchev–Trinajstić information content (AvgIpc) is 2.58. The van der Waals surface area contributed by atoms with Gasteiger partial charge >= 0.3 is 0 Å². The van der Waals surface area contributed by atoms with E-state index in [0.717, 1.165) is 29.7 Å². The molecule has 0 aliphatic carbocycles. The zero-order valence-corrected chi connectivity index (χ0v) is 14.9. The van der Waals surface area contributed by atoms with Crippen LogP contribution in [-0.4, -0.2) is 12.5 Å². The van der Waals surface area contributed by atoms with Gasteiger partial charge in [-0.05, 0) is 49.6 Å². The number of hydrogen-bond acceptors (Lipinski definition) is 2. The van der Waals surface area contributed by atoms with Gasteiger partial charge in [-0.2, -0.15) is 0 Å². The fourth-order valence-electron chi connectivity index (χ4n) is 2.55. The first-order valence-corrected chi connectivity index (χ1v) is 8.72. The number of ether oxygens (including phenoxy) is 1. The lowest BCUT2D eigenvalue weighted by atomic mass is 10.1. The third-order valence-corrected chi connectivity index (χ3v) is 4.03. The van der Waals surface area contributed by atoms with Crippen LogP contribution >= 0.6 is 0 Å². The van der Waals surface area contributed by atoms with Gasteiger partial charge in [-0.1, -0.05) is 50.5 Å². The topological polar surface area (TPSA) is 38.3 Å². The molecule has 2 rings (SSSR count). The summed E-state index contributed by atoms with van der Waals surface area (Å²) in [5.41, 5.74) is 3.59. The van der Waals surface area contributed by atoms with Gasteiger partial charge in [0.25, 0.3) is 5.91 Å². The molecule has 3 nitrogen and oxygen atoms in total. The second-order valence-corrected chi connectivity index (χ2v) is 6.18. The molecule has 0 saturated carbocycles. The molecule has 0 aromatic heterocycles.